The van der Waals surface area contributed by atoms with E-state index in [1.807, 2.05) is 13.8 Å². The minimum atomic E-state index is -0.895. The van der Waals surface area contributed by atoms with Crippen molar-refractivity contribution in [2.45, 2.75) is 25.9 Å². The highest BCUT2D eigenvalue weighted by Crippen LogP contribution is 2.34. The predicted octanol–water partition coefficient (Wildman–Crippen LogP) is 3.49. The molecule has 0 spiro atoms. The molecule has 0 aromatic heterocycles. The number of benzene rings is 1. The van der Waals surface area contributed by atoms with E-state index in [4.69, 9.17) is 4.74 Å². The van der Waals surface area contributed by atoms with Crippen LogP contribution in [0, 0.1) is 17.6 Å². The number of nitrogens with one attached hydrogen (secondary N) is 1. The number of ether oxygens (including phenoxy) is 1. The van der Waals surface area contributed by atoms with Gasteiger partial charge in [-0.15, -0.1) is 0 Å². The van der Waals surface area contributed by atoms with E-state index < -0.39 is 17.2 Å². The summed E-state index contributed by atoms with van der Waals surface area (Å²) in [4.78, 5) is 0. The molecule has 1 N–H and O–H groups in total. The van der Waals surface area contributed by atoms with Crippen molar-refractivity contribution in [3.63, 3.8) is 0 Å². The molecular weight excluding hydrogens is 304 g/mol. The van der Waals surface area contributed by atoms with Crippen LogP contribution in [0.5, 0.6) is 5.75 Å². The Kier molecular flexibility index (Phi) is 3.92. The van der Waals surface area contributed by atoms with Crippen LogP contribution in [-0.2, 0) is 0 Å². The summed E-state index contributed by atoms with van der Waals surface area (Å²) in [5, 5.41) is 3.27. The van der Waals surface area contributed by atoms with Crippen molar-refractivity contribution < 1.29 is 13.5 Å². The minimum absolute atomic E-state index is 0.339. The first kappa shape index (κ1) is 13.7. The first-order valence-corrected chi connectivity index (χ1v) is 6.74. The molecule has 5 heteroatoms. The zero-order valence-corrected chi connectivity index (χ0v) is 12.0. The van der Waals surface area contributed by atoms with Crippen LogP contribution in [0.3, 0.4) is 0 Å². The van der Waals surface area contributed by atoms with Gasteiger partial charge < -0.3 is 10.1 Å². The fourth-order valence-corrected chi connectivity index (χ4v) is 2.59. The molecule has 0 bridgehead atoms. The molecule has 0 saturated carbocycles. The van der Waals surface area contributed by atoms with Crippen LogP contribution in [0.1, 0.15) is 20.3 Å². The number of hydrogen-bond acceptors (Lipinski definition) is 2. The summed E-state index contributed by atoms with van der Waals surface area (Å²) in [5.41, 5.74) is -0.420. The Morgan fingerprint density at radius 2 is 2.00 bits per heavy atom. The highest BCUT2D eigenvalue weighted by atomic mass is 79.9. The van der Waals surface area contributed by atoms with Crippen molar-refractivity contribution >= 4 is 15.9 Å². The summed E-state index contributed by atoms with van der Waals surface area (Å²) in [6.07, 6.45) is 1.02. The third kappa shape index (κ3) is 2.83. The molecule has 1 aliphatic rings. The minimum Gasteiger partial charge on any atom is -0.486 e. The molecule has 1 heterocycles. The van der Waals surface area contributed by atoms with Gasteiger partial charge >= 0.3 is 0 Å². The lowest BCUT2D eigenvalue weighted by molar-refractivity contribution is 0.0511. The van der Waals surface area contributed by atoms with Crippen LogP contribution in [0.2, 0.25) is 0 Å². The van der Waals surface area contributed by atoms with Crippen LogP contribution < -0.4 is 10.1 Å². The molecule has 0 radical (unpaired) electrons. The molecule has 1 saturated heterocycles. The van der Waals surface area contributed by atoms with Gasteiger partial charge in [0.2, 0.25) is 0 Å². The van der Waals surface area contributed by atoms with Crippen LogP contribution in [0.4, 0.5) is 8.78 Å². The third-order valence-corrected chi connectivity index (χ3v) is 4.01. The molecule has 0 amide bonds. The molecule has 1 aromatic rings. The van der Waals surface area contributed by atoms with E-state index in [-0.39, 0.29) is 0 Å². The second-order valence-corrected chi connectivity index (χ2v) is 5.95. The first-order valence-electron chi connectivity index (χ1n) is 5.94. The lowest BCUT2D eigenvalue weighted by Gasteiger charge is -2.32. The average molecular weight is 320 g/mol. The SMILES string of the molecule is CC(C)(Oc1cc(F)c(F)cc1Br)C1CCNC1. The van der Waals surface area contributed by atoms with Gasteiger partial charge in [-0.2, -0.15) is 0 Å². The van der Waals surface area contributed by atoms with E-state index in [1.165, 1.54) is 0 Å². The van der Waals surface area contributed by atoms with Crippen LogP contribution in [-0.4, -0.2) is 18.7 Å². The van der Waals surface area contributed by atoms with Crippen molar-refractivity contribution in [1.82, 2.24) is 5.32 Å². The lowest BCUT2D eigenvalue weighted by Crippen LogP contribution is -2.39. The molecular formula is C13H16BrF2NO. The summed E-state index contributed by atoms with van der Waals surface area (Å²) in [6.45, 7) is 5.79. The van der Waals surface area contributed by atoms with Crippen molar-refractivity contribution in [1.29, 1.82) is 0 Å². The topological polar surface area (TPSA) is 21.3 Å². The maximum atomic E-state index is 13.2. The van der Waals surface area contributed by atoms with E-state index >= 15 is 0 Å². The Balaban J connectivity index is 2.20. The normalized spacial score (nSPS) is 20.2. The Bertz CT molecular complexity index is 445. The second kappa shape index (κ2) is 5.13. The van der Waals surface area contributed by atoms with Gasteiger partial charge in [-0.1, -0.05) is 0 Å². The van der Waals surface area contributed by atoms with Gasteiger partial charge in [-0.05, 0) is 48.8 Å². The molecule has 2 nitrogen and oxygen atoms in total. The highest BCUT2D eigenvalue weighted by Gasteiger charge is 2.34. The van der Waals surface area contributed by atoms with Crippen molar-refractivity contribution in [3.05, 3.63) is 28.2 Å². The summed E-state index contributed by atoms with van der Waals surface area (Å²) in [5.74, 6) is -1.08. The second-order valence-electron chi connectivity index (χ2n) is 5.09. The Hall–Kier alpha value is -0.680. The third-order valence-electron chi connectivity index (χ3n) is 3.39. The van der Waals surface area contributed by atoms with Gasteiger partial charge in [0, 0.05) is 18.5 Å². The largest absolute Gasteiger partial charge is 0.486 e. The van der Waals surface area contributed by atoms with Gasteiger partial charge in [0.05, 0.1) is 4.47 Å². The summed E-state index contributed by atoms with van der Waals surface area (Å²) >= 11 is 3.20. The molecule has 18 heavy (non-hydrogen) atoms. The molecule has 2 rings (SSSR count). The van der Waals surface area contributed by atoms with Crippen LogP contribution in [0.25, 0.3) is 0 Å². The number of hydrogen-bond donors (Lipinski definition) is 1. The van der Waals surface area contributed by atoms with Gasteiger partial charge in [-0.3, -0.25) is 0 Å². The maximum Gasteiger partial charge on any atom is 0.162 e. The molecule has 1 aromatic carbocycles. The summed E-state index contributed by atoms with van der Waals surface area (Å²) in [7, 11) is 0. The smallest absolute Gasteiger partial charge is 0.162 e. The van der Waals surface area contributed by atoms with Gasteiger partial charge in [0.1, 0.15) is 11.4 Å². The van der Waals surface area contributed by atoms with Gasteiger partial charge in [-0.25, -0.2) is 8.78 Å². The Labute approximate surface area is 114 Å². The number of rotatable bonds is 3. The zero-order chi connectivity index (χ0) is 13.3. The predicted molar refractivity (Wildman–Crippen MR) is 69.7 cm³/mol. The van der Waals surface area contributed by atoms with Crippen LogP contribution in [0.15, 0.2) is 16.6 Å². The zero-order valence-electron chi connectivity index (χ0n) is 10.4. The van der Waals surface area contributed by atoms with Gasteiger partial charge in [0.25, 0.3) is 0 Å². The Morgan fingerprint density at radius 3 is 2.61 bits per heavy atom. The summed E-state index contributed by atoms with van der Waals surface area (Å²) < 4.78 is 32.5. The maximum absolute atomic E-state index is 13.2. The average Bonchev–Trinajstić information content (AvgIpc) is 2.79. The molecule has 1 atom stereocenters. The van der Waals surface area contributed by atoms with E-state index in [2.05, 4.69) is 21.2 Å². The standard InChI is InChI=1S/C13H16BrF2NO/c1-13(2,8-3-4-17-7-8)18-12-6-11(16)10(15)5-9(12)14/h5-6,8,17H,3-4,7H2,1-2H3. The Morgan fingerprint density at radius 1 is 1.33 bits per heavy atom. The summed E-state index contributed by atoms with van der Waals surface area (Å²) in [6, 6.07) is 2.18. The lowest BCUT2D eigenvalue weighted by atomic mass is 9.90. The fraction of sp³-hybridized carbons (Fsp3) is 0.538. The van der Waals surface area contributed by atoms with Crippen molar-refractivity contribution in [2.75, 3.05) is 13.1 Å². The van der Waals surface area contributed by atoms with E-state index in [1.54, 1.807) is 0 Å². The molecule has 0 aliphatic carbocycles. The highest BCUT2D eigenvalue weighted by molar-refractivity contribution is 9.10. The van der Waals surface area contributed by atoms with Crippen LogP contribution >= 0.6 is 15.9 Å². The quantitative estimate of drug-likeness (QED) is 0.861. The molecule has 1 fully saturated rings. The van der Waals surface area contributed by atoms with Crippen molar-refractivity contribution in [2.24, 2.45) is 5.92 Å². The van der Waals surface area contributed by atoms with E-state index in [9.17, 15) is 8.78 Å². The number of halogens is 3. The monoisotopic (exact) mass is 319 g/mol. The molecule has 1 aliphatic heterocycles. The fourth-order valence-electron chi connectivity index (χ4n) is 2.20. The first-order chi connectivity index (χ1) is 8.40. The molecule has 1 unspecified atom stereocenters. The van der Waals surface area contributed by atoms with E-state index in [0.29, 0.717) is 16.1 Å². The van der Waals surface area contributed by atoms with Gasteiger partial charge in [0.15, 0.2) is 11.6 Å². The van der Waals surface area contributed by atoms with Crippen molar-refractivity contribution in [3.8, 4) is 5.75 Å². The van der Waals surface area contributed by atoms with E-state index in [0.717, 1.165) is 31.6 Å². The molecule has 100 valence electrons.